The molecule has 0 aliphatic heterocycles. The minimum Gasteiger partial charge on any atom is -0.481 e. The Morgan fingerprint density at radius 2 is 1.69 bits per heavy atom. The third-order valence-electron chi connectivity index (χ3n) is 4.32. The molecule has 2 atom stereocenters. The third-order valence-corrected chi connectivity index (χ3v) is 4.32. The third kappa shape index (κ3) is 4.41. The second-order valence-corrected chi connectivity index (χ2v) is 6.24. The highest BCUT2D eigenvalue weighted by atomic mass is 16.5. The number of carbonyl (C=O) groups is 1. The molecule has 0 fully saturated rings. The first-order valence-corrected chi connectivity index (χ1v) is 8.80. The molecule has 0 radical (unpaired) electrons. The van der Waals surface area contributed by atoms with Crippen LogP contribution >= 0.6 is 0 Å². The molecule has 4 nitrogen and oxygen atoms in total. The van der Waals surface area contributed by atoms with Gasteiger partial charge in [-0.3, -0.25) is 4.79 Å². The molecule has 0 saturated heterocycles. The van der Waals surface area contributed by atoms with Gasteiger partial charge in [-0.1, -0.05) is 60.7 Å². The van der Waals surface area contributed by atoms with Gasteiger partial charge in [0.1, 0.15) is 5.75 Å². The number of aliphatic hydroxyl groups is 1. The van der Waals surface area contributed by atoms with Crippen LogP contribution in [0, 0.1) is 0 Å². The fourth-order valence-electron chi connectivity index (χ4n) is 2.93. The molecular formula is C22H23NO3. The Kier molecular flexibility index (Phi) is 5.87. The van der Waals surface area contributed by atoms with Crippen molar-refractivity contribution < 1.29 is 14.6 Å². The van der Waals surface area contributed by atoms with Gasteiger partial charge in [-0.05, 0) is 41.8 Å². The van der Waals surface area contributed by atoms with Crippen LogP contribution in [0.1, 0.15) is 25.0 Å². The number of hydrogen-bond acceptors (Lipinski definition) is 3. The van der Waals surface area contributed by atoms with Crippen LogP contribution in [-0.4, -0.2) is 23.7 Å². The summed E-state index contributed by atoms with van der Waals surface area (Å²) >= 11 is 0. The molecular weight excluding hydrogens is 326 g/mol. The van der Waals surface area contributed by atoms with Gasteiger partial charge in [0.05, 0.1) is 6.10 Å². The zero-order chi connectivity index (χ0) is 18.4. The highest BCUT2D eigenvalue weighted by molar-refractivity contribution is 5.86. The molecule has 26 heavy (non-hydrogen) atoms. The molecule has 3 aromatic carbocycles. The Morgan fingerprint density at radius 3 is 2.50 bits per heavy atom. The van der Waals surface area contributed by atoms with E-state index in [-0.39, 0.29) is 5.91 Å². The van der Waals surface area contributed by atoms with Gasteiger partial charge >= 0.3 is 0 Å². The first-order valence-electron chi connectivity index (χ1n) is 8.80. The molecule has 0 spiro atoms. The predicted octanol–water partition coefficient (Wildman–Crippen LogP) is 3.85. The monoisotopic (exact) mass is 349 g/mol. The zero-order valence-electron chi connectivity index (χ0n) is 14.8. The number of carbonyl (C=O) groups excluding carboxylic acids is 1. The lowest BCUT2D eigenvalue weighted by atomic mass is 9.99. The van der Waals surface area contributed by atoms with E-state index in [2.05, 4.69) is 5.32 Å². The summed E-state index contributed by atoms with van der Waals surface area (Å²) in [5.74, 6) is 0.463. The van der Waals surface area contributed by atoms with Gasteiger partial charge < -0.3 is 15.2 Å². The van der Waals surface area contributed by atoms with Gasteiger partial charge in [-0.25, -0.2) is 0 Å². The molecule has 0 aromatic heterocycles. The van der Waals surface area contributed by atoms with Crippen LogP contribution in [0.3, 0.4) is 0 Å². The van der Waals surface area contributed by atoms with E-state index in [0.717, 1.165) is 16.3 Å². The Labute approximate surface area is 153 Å². The average Bonchev–Trinajstić information content (AvgIpc) is 2.68. The van der Waals surface area contributed by atoms with Crippen molar-refractivity contribution in [3.05, 3.63) is 78.4 Å². The number of benzene rings is 3. The van der Waals surface area contributed by atoms with E-state index in [1.54, 1.807) is 6.92 Å². The standard InChI is InChI=1S/C22H23NO3/c1-16(26-18-10-3-2-4-11-18)22(25)23-15-14-21(24)20-13-7-9-17-8-5-6-12-19(17)20/h2-13,16,21,24H,14-15H2,1H3,(H,23,25). The Morgan fingerprint density at radius 1 is 1.00 bits per heavy atom. The molecule has 0 heterocycles. The predicted molar refractivity (Wildman–Crippen MR) is 103 cm³/mol. The number of fused-ring (bicyclic) bond motifs is 1. The van der Waals surface area contributed by atoms with Gasteiger partial charge in [0.25, 0.3) is 5.91 Å². The molecule has 3 rings (SSSR count). The van der Waals surface area contributed by atoms with Crippen molar-refractivity contribution in [1.29, 1.82) is 0 Å². The smallest absolute Gasteiger partial charge is 0.260 e. The quantitative estimate of drug-likeness (QED) is 0.681. The normalized spacial score (nSPS) is 13.2. The molecule has 0 aliphatic rings. The number of para-hydroxylation sites is 1. The largest absolute Gasteiger partial charge is 0.481 e. The minimum atomic E-state index is -0.633. The van der Waals surface area contributed by atoms with Crippen molar-refractivity contribution >= 4 is 16.7 Å². The van der Waals surface area contributed by atoms with E-state index in [0.29, 0.717) is 18.7 Å². The molecule has 0 saturated carbocycles. The van der Waals surface area contributed by atoms with Crippen molar-refractivity contribution in [1.82, 2.24) is 5.32 Å². The van der Waals surface area contributed by atoms with E-state index < -0.39 is 12.2 Å². The first kappa shape index (κ1) is 18.0. The van der Waals surface area contributed by atoms with Crippen LogP contribution < -0.4 is 10.1 Å². The summed E-state index contributed by atoms with van der Waals surface area (Å²) < 4.78 is 5.60. The number of ether oxygens (including phenoxy) is 1. The summed E-state index contributed by atoms with van der Waals surface area (Å²) in [6, 6.07) is 23.1. The van der Waals surface area contributed by atoms with E-state index >= 15 is 0 Å². The fraction of sp³-hybridized carbons (Fsp3) is 0.227. The lowest BCUT2D eigenvalue weighted by molar-refractivity contribution is -0.127. The summed E-state index contributed by atoms with van der Waals surface area (Å²) in [4.78, 5) is 12.2. The Hall–Kier alpha value is -2.85. The fourth-order valence-corrected chi connectivity index (χ4v) is 2.93. The number of amides is 1. The van der Waals surface area contributed by atoms with E-state index in [4.69, 9.17) is 4.74 Å². The SMILES string of the molecule is CC(Oc1ccccc1)C(=O)NCCC(O)c1cccc2ccccc12. The van der Waals surface area contributed by atoms with Gasteiger partial charge in [-0.15, -0.1) is 0 Å². The lowest BCUT2D eigenvalue weighted by Crippen LogP contribution is -2.37. The van der Waals surface area contributed by atoms with E-state index in [1.165, 1.54) is 0 Å². The summed E-state index contributed by atoms with van der Waals surface area (Å²) in [6.07, 6.45) is -0.781. The van der Waals surface area contributed by atoms with Crippen LogP contribution in [0.4, 0.5) is 0 Å². The summed E-state index contributed by atoms with van der Waals surface area (Å²) in [7, 11) is 0. The van der Waals surface area contributed by atoms with Crippen molar-refractivity contribution in [2.24, 2.45) is 0 Å². The van der Waals surface area contributed by atoms with Gasteiger partial charge in [0.2, 0.25) is 0 Å². The number of rotatable bonds is 7. The number of hydrogen-bond donors (Lipinski definition) is 2. The molecule has 2 unspecified atom stereocenters. The van der Waals surface area contributed by atoms with Crippen LogP contribution in [0.2, 0.25) is 0 Å². The van der Waals surface area contributed by atoms with Crippen molar-refractivity contribution in [3.63, 3.8) is 0 Å². The van der Waals surface area contributed by atoms with E-state index in [1.807, 2.05) is 72.8 Å². The molecule has 1 amide bonds. The molecule has 4 heteroatoms. The Balaban J connectivity index is 1.53. The molecule has 134 valence electrons. The minimum absolute atomic E-state index is 0.195. The maximum absolute atomic E-state index is 12.2. The molecule has 2 N–H and O–H groups in total. The van der Waals surface area contributed by atoms with Crippen LogP contribution in [0.25, 0.3) is 10.8 Å². The highest BCUT2D eigenvalue weighted by Crippen LogP contribution is 2.25. The van der Waals surface area contributed by atoms with Crippen LogP contribution in [0.5, 0.6) is 5.75 Å². The van der Waals surface area contributed by atoms with Crippen molar-refractivity contribution in [2.75, 3.05) is 6.54 Å². The number of aliphatic hydroxyl groups excluding tert-OH is 1. The zero-order valence-corrected chi connectivity index (χ0v) is 14.8. The number of nitrogens with one attached hydrogen (secondary N) is 1. The second-order valence-electron chi connectivity index (χ2n) is 6.24. The van der Waals surface area contributed by atoms with E-state index in [9.17, 15) is 9.90 Å². The molecule has 0 aliphatic carbocycles. The maximum Gasteiger partial charge on any atom is 0.260 e. The molecule has 3 aromatic rings. The maximum atomic E-state index is 12.2. The highest BCUT2D eigenvalue weighted by Gasteiger charge is 2.16. The summed E-state index contributed by atoms with van der Waals surface area (Å²) in [5, 5.41) is 15.5. The first-order chi connectivity index (χ1) is 12.6. The van der Waals surface area contributed by atoms with Crippen LogP contribution in [0.15, 0.2) is 72.8 Å². The average molecular weight is 349 g/mol. The van der Waals surface area contributed by atoms with Crippen molar-refractivity contribution in [3.8, 4) is 5.75 Å². The van der Waals surface area contributed by atoms with Gasteiger partial charge in [0.15, 0.2) is 6.10 Å². The van der Waals surface area contributed by atoms with Crippen molar-refractivity contribution in [2.45, 2.75) is 25.6 Å². The lowest BCUT2D eigenvalue weighted by Gasteiger charge is -2.17. The van der Waals surface area contributed by atoms with Crippen LogP contribution in [-0.2, 0) is 4.79 Å². The topological polar surface area (TPSA) is 58.6 Å². The second kappa shape index (κ2) is 8.50. The summed E-state index contributed by atoms with van der Waals surface area (Å²) in [5.41, 5.74) is 0.880. The molecule has 0 bridgehead atoms. The van der Waals surface area contributed by atoms with Gasteiger partial charge in [0, 0.05) is 6.54 Å². The Bertz CT molecular complexity index is 858. The summed E-state index contributed by atoms with van der Waals surface area (Å²) in [6.45, 7) is 2.09. The van der Waals surface area contributed by atoms with Gasteiger partial charge in [-0.2, -0.15) is 0 Å².